The molecule has 0 saturated carbocycles. The van der Waals surface area contributed by atoms with Gasteiger partial charge in [-0.1, -0.05) is 13.8 Å². The molecule has 0 aromatic heterocycles. The van der Waals surface area contributed by atoms with Crippen molar-refractivity contribution in [3.8, 4) is 5.75 Å². The Morgan fingerprint density at radius 2 is 1.82 bits per heavy atom. The van der Waals surface area contributed by atoms with E-state index in [1.807, 2.05) is 20.8 Å². The molecule has 0 heterocycles. The van der Waals surface area contributed by atoms with Crippen molar-refractivity contribution in [1.29, 1.82) is 0 Å². The van der Waals surface area contributed by atoms with E-state index in [2.05, 4.69) is 24.5 Å². The molecular formula is C17H26N2O2S. The molecule has 0 fully saturated rings. The molecule has 0 spiro atoms. The molecule has 0 saturated heterocycles. The van der Waals surface area contributed by atoms with Crippen LogP contribution >= 0.6 is 12.2 Å². The van der Waals surface area contributed by atoms with Crippen molar-refractivity contribution in [3.63, 3.8) is 0 Å². The summed E-state index contributed by atoms with van der Waals surface area (Å²) in [6, 6.07) is 7.07. The van der Waals surface area contributed by atoms with Gasteiger partial charge in [0.25, 0.3) is 5.91 Å². The summed E-state index contributed by atoms with van der Waals surface area (Å²) in [5, 5.41) is 6.04. The molecule has 5 heteroatoms. The first-order valence-electron chi connectivity index (χ1n) is 7.54. The van der Waals surface area contributed by atoms with Crippen LogP contribution in [0, 0.1) is 5.92 Å². The number of ether oxygens (including phenoxy) is 1. The third-order valence-electron chi connectivity index (χ3n) is 2.80. The maximum Gasteiger partial charge on any atom is 0.257 e. The number of rotatable bonds is 5. The van der Waals surface area contributed by atoms with Gasteiger partial charge in [-0.05, 0) is 69.6 Å². The Labute approximate surface area is 138 Å². The summed E-state index contributed by atoms with van der Waals surface area (Å²) in [6.07, 6.45) is 1.01. The van der Waals surface area contributed by atoms with Gasteiger partial charge in [-0.2, -0.15) is 0 Å². The highest BCUT2D eigenvalue weighted by atomic mass is 32.1. The predicted molar refractivity (Wildman–Crippen MR) is 94.3 cm³/mol. The standard InChI is InChI=1S/C17H26N2O2S/c1-12(2)10-11-21-14-8-6-13(7-9-14)15(20)18-16(22)19-17(3,4)5/h6-9,12H,10-11H2,1-5H3,(H2,18,19,20,22). The van der Waals surface area contributed by atoms with Crippen LogP contribution < -0.4 is 15.4 Å². The number of carbonyl (C=O) groups is 1. The molecule has 0 aliphatic carbocycles. The zero-order chi connectivity index (χ0) is 16.8. The molecule has 2 N–H and O–H groups in total. The van der Waals surface area contributed by atoms with Crippen LogP contribution in [0.5, 0.6) is 5.75 Å². The Kier molecular flexibility index (Phi) is 6.81. The number of amides is 1. The maximum absolute atomic E-state index is 12.1. The number of hydrogen-bond donors (Lipinski definition) is 2. The minimum atomic E-state index is -0.226. The van der Waals surface area contributed by atoms with Crippen LogP contribution in [0.2, 0.25) is 0 Å². The first-order valence-corrected chi connectivity index (χ1v) is 7.94. The molecule has 122 valence electrons. The molecule has 22 heavy (non-hydrogen) atoms. The minimum Gasteiger partial charge on any atom is -0.494 e. The Morgan fingerprint density at radius 3 is 2.32 bits per heavy atom. The summed E-state index contributed by atoms with van der Waals surface area (Å²) in [5.74, 6) is 1.16. The normalized spacial score (nSPS) is 11.2. The second kappa shape index (κ2) is 8.13. The van der Waals surface area contributed by atoms with Crippen LogP contribution in [0.4, 0.5) is 0 Å². The lowest BCUT2D eigenvalue weighted by molar-refractivity contribution is 0.0976. The first-order chi connectivity index (χ1) is 10.2. The van der Waals surface area contributed by atoms with E-state index >= 15 is 0 Å². The monoisotopic (exact) mass is 322 g/mol. The molecule has 0 bridgehead atoms. The van der Waals surface area contributed by atoms with Crippen molar-refractivity contribution in [3.05, 3.63) is 29.8 Å². The number of carbonyl (C=O) groups excluding carboxylic acids is 1. The highest BCUT2D eigenvalue weighted by molar-refractivity contribution is 7.80. The van der Waals surface area contributed by atoms with Crippen molar-refractivity contribution >= 4 is 23.2 Å². The van der Waals surface area contributed by atoms with Gasteiger partial charge < -0.3 is 10.1 Å². The number of hydrogen-bond acceptors (Lipinski definition) is 3. The van der Waals surface area contributed by atoms with Gasteiger partial charge in [0.05, 0.1) is 6.61 Å². The Hall–Kier alpha value is -1.62. The van der Waals surface area contributed by atoms with Gasteiger partial charge in [0.2, 0.25) is 0 Å². The number of nitrogens with one attached hydrogen (secondary N) is 2. The van der Waals surface area contributed by atoms with Crippen LogP contribution in [0.25, 0.3) is 0 Å². The topological polar surface area (TPSA) is 50.4 Å². The molecule has 1 amide bonds. The molecule has 0 atom stereocenters. The average Bonchev–Trinajstić information content (AvgIpc) is 2.36. The van der Waals surface area contributed by atoms with E-state index in [1.54, 1.807) is 24.3 Å². The molecule has 4 nitrogen and oxygen atoms in total. The van der Waals surface area contributed by atoms with Gasteiger partial charge in [-0.3, -0.25) is 10.1 Å². The summed E-state index contributed by atoms with van der Waals surface area (Å²) >= 11 is 5.12. The smallest absolute Gasteiger partial charge is 0.257 e. The van der Waals surface area contributed by atoms with Crippen molar-refractivity contribution in [2.45, 2.75) is 46.6 Å². The number of thiocarbonyl (C=S) groups is 1. The molecule has 1 aromatic rings. The maximum atomic E-state index is 12.1. The Balaban J connectivity index is 2.51. The van der Waals surface area contributed by atoms with E-state index in [0.717, 1.165) is 12.2 Å². The quantitative estimate of drug-likeness (QED) is 0.815. The van der Waals surface area contributed by atoms with Gasteiger partial charge in [-0.15, -0.1) is 0 Å². The highest BCUT2D eigenvalue weighted by Gasteiger charge is 2.14. The summed E-state index contributed by atoms with van der Waals surface area (Å²) in [7, 11) is 0. The lowest BCUT2D eigenvalue weighted by Gasteiger charge is -2.22. The van der Waals surface area contributed by atoms with Gasteiger partial charge in [0, 0.05) is 11.1 Å². The summed E-state index contributed by atoms with van der Waals surface area (Å²) in [5.41, 5.74) is 0.368. The van der Waals surface area contributed by atoms with Gasteiger partial charge >= 0.3 is 0 Å². The van der Waals surface area contributed by atoms with E-state index < -0.39 is 0 Å². The highest BCUT2D eigenvalue weighted by Crippen LogP contribution is 2.13. The van der Waals surface area contributed by atoms with Crippen LogP contribution in [0.3, 0.4) is 0 Å². The van der Waals surface area contributed by atoms with Crippen molar-refractivity contribution < 1.29 is 9.53 Å². The molecule has 1 aromatic carbocycles. The fraction of sp³-hybridized carbons (Fsp3) is 0.529. The SMILES string of the molecule is CC(C)CCOc1ccc(C(=O)NC(=S)NC(C)(C)C)cc1. The molecule has 0 aliphatic rings. The Morgan fingerprint density at radius 1 is 1.23 bits per heavy atom. The minimum absolute atomic E-state index is 0.182. The second-order valence-corrected chi connectivity index (χ2v) is 7.12. The third kappa shape index (κ3) is 7.41. The van der Waals surface area contributed by atoms with Crippen LogP contribution in [0.1, 0.15) is 51.4 Å². The fourth-order valence-electron chi connectivity index (χ4n) is 1.66. The fourth-order valence-corrected chi connectivity index (χ4v) is 2.06. The van der Waals surface area contributed by atoms with Crippen LogP contribution in [-0.4, -0.2) is 23.2 Å². The number of benzene rings is 1. The molecule has 1 rings (SSSR count). The molecule has 0 aliphatic heterocycles. The van der Waals surface area contributed by atoms with Crippen molar-refractivity contribution in [2.24, 2.45) is 5.92 Å². The van der Waals surface area contributed by atoms with E-state index in [9.17, 15) is 4.79 Å². The predicted octanol–water partition coefficient (Wildman–Crippen LogP) is 3.51. The largest absolute Gasteiger partial charge is 0.494 e. The third-order valence-corrected chi connectivity index (χ3v) is 3.00. The summed E-state index contributed by atoms with van der Waals surface area (Å²) in [4.78, 5) is 12.1. The summed E-state index contributed by atoms with van der Waals surface area (Å²) < 4.78 is 5.63. The van der Waals surface area contributed by atoms with Gasteiger partial charge in [0.1, 0.15) is 5.75 Å². The van der Waals surface area contributed by atoms with Gasteiger partial charge in [0.15, 0.2) is 5.11 Å². The first kappa shape index (κ1) is 18.4. The molecule has 0 radical (unpaired) electrons. The zero-order valence-corrected chi connectivity index (χ0v) is 14.8. The van der Waals surface area contributed by atoms with Crippen molar-refractivity contribution in [1.82, 2.24) is 10.6 Å². The van der Waals surface area contributed by atoms with E-state index in [1.165, 1.54) is 0 Å². The lowest BCUT2D eigenvalue weighted by atomic mass is 10.1. The Bertz CT molecular complexity index is 504. The summed E-state index contributed by atoms with van der Waals surface area (Å²) in [6.45, 7) is 10.9. The average molecular weight is 322 g/mol. The van der Waals surface area contributed by atoms with Gasteiger partial charge in [-0.25, -0.2) is 0 Å². The second-order valence-electron chi connectivity index (χ2n) is 6.71. The zero-order valence-electron chi connectivity index (χ0n) is 14.0. The lowest BCUT2D eigenvalue weighted by Crippen LogP contribution is -2.48. The van der Waals surface area contributed by atoms with E-state index in [0.29, 0.717) is 23.2 Å². The van der Waals surface area contributed by atoms with Crippen LogP contribution in [-0.2, 0) is 0 Å². The van der Waals surface area contributed by atoms with Crippen molar-refractivity contribution in [2.75, 3.05) is 6.61 Å². The molecular weight excluding hydrogens is 296 g/mol. The van der Waals surface area contributed by atoms with E-state index in [4.69, 9.17) is 17.0 Å². The molecule has 0 unspecified atom stereocenters. The van der Waals surface area contributed by atoms with Crippen LogP contribution in [0.15, 0.2) is 24.3 Å². The van der Waals surface area contributed by atoms with E-state index in [-0.39, 0.29) is 11.4 Å².